The fourth-order valence-corrected chi connectivity index (χ4v) is 2.78. The van der Waals surface area contributed by atoms with E-state index in [-0.39, 0.29) is 5.56 Å². The Morgan fingerprint density at radius 1 is 1.04 bits per heavy atom. The van der Waals surface area contributed by atoms with Crippen LogP contribution in [0.25, 0.3) is 10.9 Å². The summed E-state index contributed by atoms with van der Waals surface area (Å²) in [7, 11) is 0. The molecule has 2 aromatic carbocycles. The van der Waals surface area contributed by atoms with Gasteiger partial charge in [-0.25, -0.2) is 9.78 Å². The number of azo groups is 1. The van der Waals surface area contributed by atoms with Crippen LogP contribution in [0.3, 0.4) is 0 Å². The van der Waals surface area contributed by atoms with Crippen LogP contribution >= 0.6 is 0 Å². The van der Waals surface area contributed by atoms with Crippen molar-refractivity contribution in [3.8, 4) is 0 Å². The number of hydrogen-bond donors (Lipinski definition) is 1. The number of aromatic carboxylic acids is 1. The molecule has 0 saturated carbocycles. The predicted octanol–water partition coefficient (Wildman–Crippen LogP) is 5.19. The van der Waals surface area contributed by atoms with Crippen LogP contribution in [0.5, 0.6) is 0 Å². The molecule has 0 spiro atoms. The molecule has 0 atom stereocenters. The van der Waals surface area contributed by atoms with E-state index in [9.17, 15) is 9.90 Å². The van der Waals surface area contributed by atoms with Gasteiger partial charge < -0.3 is 10.0 Å². The first-order chi connectivity index (χ1) is 12.6. The molecule has 3 rings (SSSR count). The van der Waals surface area contributed by atoms with Gasteiger partial charge in [-0.1, -0.05) is 18.2 Å². The zero-order valence-corrected chi connectivity index (χ0v) is 14.8. The number of carboxylic acids is 1. The number of para-hydroxylation sites is 1. The molecule has 0 aliphatic carbocycles. The summed E-state index contributed by atoms with van der Waals surface area (Å²) in [5, 5.41) is 18.8. The summed E-state index contributed by atoms with van der Waals surface area (Å²) in [5.41, 5.74) is 2.11. The van der Waals surface area contributed by atoms with Gasteiger partial charge in [-0.3, -0.25) is 0 Å². The SMILES string of the molecule is CCN(CC)c1ccc(N=Nc2ccc3ccccc3n2)c(C(=O)O)c1. The summed E-state index contributed by atoms with van der Waals surface area (Å²) in [6.07, 6.45) is 0. The molecule has 6 nitrogen and oxygen atoms in total. The normalized spacial score (nSPS) is 11.2. The van der Waals surface area contributed by atoms with E-state index in [2.05, 4.69) is 20.1 Å². The summed E-state index contributed by atoms with van der Waals surface area (Å²) in [6.45, 7) is 5.67. The minimum atomic E-state index is -1.03. The Kier molecular flexibility index (Phi) is 5.22. The molecule has 1 aromatic heterocycles. The fourth-order valence-electron chi connectivity index (χ4n) is 2.78. The Labute approximate surface area is 151 Å². The standard InChI is InChI=1S/C20H20N4O2/c1-3-24(4-2)15-10-11-18(16(13-15)20(25)26)22-23-19-12-9-14-7-5-6-8-17(14)21-19/h5-13H,3-4H2,1-2H3,(H,25,26). The number of pyridine rings is 1. The van der Waals surface area contributed by atoms with Crippen LogP contribution in [0.2, 0.25) is 0 Å². The molecule has 1 heterocycles. The lowest BCUT2D eigenvalue weighted by molar-refractivity contribution is 0.0698. The number of carbonyl (C=O) groups is 1. The van der Waals surface area contributed by atoms with Gasteiger partial charge in [-0.05, 0) is 50.2 Å². The second kappa shape index (κ2) is 7.74. The van der Waals surface area contributed by atoms with Gasteiger partial charge >= 0.3 is 5.97 Å². The average Bonchev–Trinajstić information content (AvgIpc) is 2.67. The number of hydrogen-bond acceptors (Lipinski definition) is 5. The number of rotatable bonds is 6. The number of carboxylic acid groups (broad SMARTS) is 1. The van der Waals surface area contributed by atoms with Gasteiger partial charge in [-0.2, -0.15) is 0 Å². The molecule has 0 fully saturated rings. The van der Waals surface area contributed by atoms with E-state index < -0.39 is 5.97 Å². The van der Waals surface area contributed by atoms with Gasteiger partial charge in [0.2, 0.25) is 0 Å². The first-order valence-corrected chi connectivity index (χ1v) is 8.52. The molecule has 1 N–H and O–H groups in total. The predicted molar refractivity (Wildman–Crippen MR) is 103 cm³/mol. The molecule has 6 heteroatoms. The van der Waals surface area contributed by atoms with Crippen LogP contribution in [0, 0.1) is 0 Å². The van der Waals surface area contributed by atoms with Crippen molar-refractivity contribution in [2.75, 3.05) is 18.0 Å². The zero-order chi connectivity index (χ0) is 18.5. The van der Waals surface area contributed by atoms with E-state index in [1.807, 2.05) is 50.2 Å². The molecule has 0 amide bonds. The lowest BCUT2D eigenvalue weighted by atomic mass is 10.1. The molecule has 3 aromatic rings. The molecule has 0 saturated heterocycles. The maximum Gasteiger partial charge on any atom is 0.338 e. The molecule has 132 valence electrons. The van der Waals surface area contributed by atoms with Crippen molar-refractivity contribution in [1.29, 1.82) is 0 Å². The Hall–Kier alpha value is -3.28. The molecular weight excluding hydrogens is 328 g/mol. The monoisotopic (exact) mass is 348 g/mol. The van der Waals surface area contributed by atoms with Crippen molar-refractivity contribution in [1.82, 2.24) is 4.98 Å². The fraction of sp³-hybridized carbons (Fsp3) is 0.200. The van der Waals surface area contributed by atoms with Gasteiger partial charge in [0.1, 0.15) is 5.69 Å². The average molecular weight is 348 g/mol. The second-order valence-corrected chi connectivity index (χ2v) is 5.74. The van der Waals surface area contributed by atoms with E-state index in [4.69, 9.17) is 0 Å². The number of aromatic nitrogens is 1. The van der Waals surface area contributed by atoms with Crippen molar-refractivity contribution in [3.63, 3.8) is 0 Å². The highest BCUT2D eigenvalue weighted by atomic mass is 16.4. The number of benzene rings is 2. The molecule has 0 aliphatic heterocycles. The van der Waals surface area contributed by atoms with E-state index in [1.54, 1.807) is 18.2 Å². The van der Waals surface area contributed by atoms with Gasteiger partial charge in [0.05, 0.1) is 11.1 Å². The Morgan fingerprint density at radius 2 is 1.81 bits per heavy atom. The highest BCUT2D eigenvalue weighted by Crippen LogP contribution is 2.27. The van der Waals surface area contributed by atoms with Crippen molar-refractivity contribution in [2.45, 2.75) is 13.8 Å². The van der Waals surface area contributed by atoms with Crippen LogP contribution in [0.4, 0.5) is 17.2 Å². The van der Waals surface area contributed by atoms with Crippen LogP contribution < -0.4 is 4.90 Å². The lowest BCUT2D eigenvalue weighted by Gasteiger charge is -2.21. The summed E-state index contributed by atoms with van der Waals surface area (Å²) in [5.74, 6) is -0.590. The largest absolute Gasteiger partial charge is 0.478 e. The van der Waals surface area contributed by atoms with E-state index >= 15 is 0 Å². The Morgan fingerprint density at radius 3 is 2.54 bits per heavy atom. The van der Waals surface area contributed by atoms with Gasteiger partial charge in [0, 0.05) is 24.2 Å². The maximum atomic E-state index is 11.6. The lowest BCUT2D eigenvalue weighted by Crippen LogP contribution is -2.22. The van der Waals surface area contributed by atoms with Gasteiger partial charge in [-0.15, -0.1) is 10.2 Å². The van der Waals surface area contributed by atoms with E-state index in [1.165, 1.54) is 0 Å². The third kappa shape index (κ3) is 3.69. The molecule has 0 bridgehead atoms. The smallest absolute Gasteiger partial charge is 0.338 e. The third-order valence-electron chi connectivity index (χ3n) is 4.18. The molecule has 26 heavy (non-hydrogen) atoms. The highest BCUT2D eigenvalue weighted by molar-refractivity contribution is 5.94. The first-order valence-electron chi connectivity index (χ1n) is 8.52. The minimum absolute atomic E-state index is 0.124. The Bertz CT molecular complexity index is 965. The molecule has 0 radical (unpaired) electrons. The van der Waals surface area contributed by atoms with Gasteiger partial charge in [0.15, 0.2) is 5.82 Å². The van der Waals surface area contributed by atoms with Crippen LogP contribution in [0.15, 0.2) is 64.8 Å². The highest BCUT2D eigenvalue weighted by Gasteiger charge is 2.13. The molecule has 0 unspecified atom stereocenters. The van der Waals surface area contributed by atoms with Crippen molar-refractivity contribution in [2.24, 2.45) is 10.2 Å². The topological polar surface area (TPSA) is 78.2 Å². The second-order valence-electron chi connectivity index (χ2n) is 5.74. The number of fused-ring (bicyclic) bond motifs is 1. The number of anilines is 1. The maximum absolute atomic E-state index is 11.6. The van der Waals surface area contributed by atoms with E-state index in [0.717, 1.165) is 29.7 Å². The third-order valence-corrected chi connectivity index (χ3v) is 4.18. The molecular formula is C20H20N4O2. The number of nitrogens with zero attached hydrogens (tertiary/aromatic N) is 4. The summed E-state index contributed by atoms with van der Waals surface area (Å²) in [6, 6.07) is 16.6. The Balaban J connectivity index is 1.94. The molecule has 0 aliphatic rings. The minimum Gasteiger partial charge on any atom is -0.478 e. The van der Waals surface area contributed by atoms with Crippen molar-refractivity contribution >= 4 is 34.1 Å². The first kappa shape index (κ1) is 17.5. The van der Waals surface area contributed by atoms with Crippen molar-refractivity contribution in [3.05, 3.63) is 60.2 Å². The van der Waals surface area contributed by atoms with Crippen LogP contribution in [0.1, 0.15) is 24.2 Å². The van der Waals surface area contributed by atoms with Crippen LogP contribution in [-0.2, 0) is 0 Å². The van der Waals surface area contributed by atoms with Crippen LogP contribution in [-0.4, -0.2) is 29.1 Å². The van der Waals surface area contributed by atoms with E-state index in [0.29, 0.717) is 11.5 Å². The summed E-state index contributed by atoms with van der Waals surface area (Å²) in [4.78, 5) is 18.1. The summed E-state index contributed by atoms with van der Waals surface area (Å²) >= 11 is 0. The summed E-state index contributed by atoms with van der Waals surface area (Å²) < 4.78 is 0. The van der Waals surface area contributed by atoms with Gasteiger partial charge in [0.25, 0.3) is 0 Å². The quantitative estimate of drug-likeness (QED) is 0.621. The van der Waals surface area contributed by atoms with Crippen molar-refractivity contribution < 1.29 is 9.90 Å². The zero-order valence-electron chi connectivity index (χ0n) is 14.8.